The van der Waals surface area contributed by atoms with Crippen molar-refractivity contribution in [1.29, 1.82) is 0 Å². The summed E-state index contributed by atoms with van der Waals surface area (Å²) in [7, 11) is 0. The number of anilines is 1. The molecule has 5 rings (SSSR count). The summed E-state index contributed by atoms with van der Waals surface area (Å²) in [6, 6.07) is 7.65. The maximum absolute atomic E-state index is 12.7. The minimum Gasteiger partial charge on any atom is -0.444 e. The molecule has 37 heavy (non-hydrogen) atoms. The molecule has 0 bridgehead atoms. The summed E-state index contributed by atoms with van der Waals surface area (Å²) in [5.41, 5.74) is 3.56. The Hall–Kier alpha value is -3.72. The molecule has 1 fully saturated rings. The van der Waals surface area contributed by atoms with Crippen LogP contribution in [0.5, 0.6) is 0 Å². The van der Waals surface area contributed by atoms with Crippen LogP contribution >= 0.6 is 11.6 Å². The van der Waals surface area contributed by atoms with E-state index in [0.717, 1.165) is 39.5 Å². The van der Waals surface area contributed by atoms with Gasteiger partial charge in [0.1, 0.15) is 17.7 Å². The van der Waals surface area contributed by atoms with E-state index in [-0.39, 0.29) is 12.1 Å². The zero-order valence-corrected chi connectivity index (χ0v) is 22.4. The Balaban J connectivity index is 1.61. The summed E-state index contributed by atoms with van der Waals surface area (Å²) in [6.07, 6.45) is 6.68. The predicted molar refractivity (Wildman–Crippen MR) is 144 cm³/mol. The maximum Gasteiger partial charge on any atom is 0.410 e. The first kappa shape index (κ1) is 25.0. The van der Waals surface area contributed by atoms with Gasteiger partial charge in [0.05, 0.1) is 16.8 Å². The number of halogens is 1. The highest BCUT2D eigenvalue weighted by atomic mass is 35.5. The van der Waals surface area contributed by atoms with Gasteiger partial charge in [-0.2, -0.15) is 0 Å². The first-order chi connectivity index (χ1) is 17.6. The second-order valence-electron chi connectivity index (χ2n) is 10.2. The van der Waals surface area contributed by atoms with E-state index in [9.17, 15) is 4.79 Å². The van der Waals surface area contributed by atoms with Crippen molar-refractivity contribution in [2.24, 2.45) is 0 Å². The molecule has 4 aromatic rings. The van der Waals surface area contributed by atoms with Crippen LogP contribution in [0.1, 0.15) is 33.4 Å². The summed E-state index contributed by atoms with van der Waals surface area (Å²) in [5.74, 6) is 0.794. The van der Waals surface area contributed by atoms with E-state index in [1.165, 1.54) is 0 Å². The molecule has 0 radical (unpaired) electrons. The molecule has 1 aliphatic heterocycles. The Morgan fingerprint density at radius 3 is 2.59 bits per heavy atom. The second-order valence-corrected chi connectivity index (χ2v) is 10.7. The number of ether oxygens (including phenoxy) is 1. The largest absolute Gasteiger partial charge is 0.444 e. The van der Waals surface area contributed by atoms with E-state index in [1.54, 1.807) is 23.6 Å². The number of benzene rings is 1. The second kappa shape index (κ2) is 9.63. The van der Waals surface area contributed by atoms with Crippen molar-refractivity contribution >= 4 is 34.5 Å². The number of amides is 1. The molecule has 1 aromatic carbocycles. The molecule has 4 heterocycles. The van der Waals surface area contributed by atoms with E-state index in [1.807, 2.05) is 62.7 Å². The summed E-state index contributed by atoms with van der Waals surface area (Å²) >= 11 is 6.33. The number of aryl methyl sites for hydroxylation is 1. The molecule has 3 aromatic heterocycles. The predicted octanol–water partition coefficient (Wildman–Crippen LogP) is 5.28. The number of nitrogens with zero attached hydrogens (tertiary/aromatic N) is 7. The highest BCUT2D eigenvalue weighted by Gasteiger charge is 2.32. The molecule has 1 unspecified atom stereocenters. The molecule has 0 aliphatic carbocycles. The molecule has 9 nitrogen and oxygen atoms in total. The Bertz CT molecular complexity index is 1460. The number of carbonyl (C=O) groups is 1. The van der Waals surface area contributed by atoms with Gasteiger partial charge < -0.3 is 19.1 Å². The lowest BCUT2D eigenvalue weighted by atomic mass is 10.1. The highest BCUT2D eigenvalue weighted by molar-refractivity contribution is 6.30. The van der Waals surface area contributed by atoms with Crippen molar-refractivity contribution in [3.63, 3.8) is 0 Å². The van der Waals surface area contributed by atoms with Crippen LogP contribution in [0.3, 0.4) is 0 Å². The Labute approximate surface area is 221 Å². The first-order valence-electron chi connectivity index (χ1n) is 12.3. The number of hydrogen-bond acceptors (Lipinski definition) is 7. The van der Waals surface area contributed by atoms with E-state index in [0.29, 0.717) is 24.7 Å². The molecule has 1 aliphatic rings. The zero-order chi connectivity index (χ0) is 26.3. The van der Waals surface area contributed by atoms with Crippen molar-refractivity contribution in [1.82, 2.24) is 29.4 Å². The van der Waals surface area contributed by atoms with Gasteiger partial charge in [0.15, 0.2) is 5.65 Å². The van der Waals surface area contributed by atoms with Crippen LogP contribution in [0, 0.1) is 6.92 Å². The molecule has 0 saturated carbocycles. The van der Waals surface area contributed by atoms with Gasteiger partial charge in [0.25, 0.3) is 0 Å². The van der Waals surface area contributed by atoms with Crippen LogP contribution in [0.4, 0.5) is 10.6 Å². The van der Waals surface area contributed by atoms with Crippen LogP contribution in [-0.2, 0) is 4.74 Å². The summed E-state index contributed by atoms with van der Waals surface area (Å²) in [6.45, 7) is 11.3. The number of rotatable bonds is 3. The smallest absolute Gasteiger partial charge is 0.410 e. The molecule has 1 atom stereocenters. The zero-order valence-electron chi connectivity index (χ0n) is 21.6. The van der Waals surface area contributed by atoms with Crippen LogP contribution in [0.2, 0.25) is 5.02 Å². The third-order valence-corrected chi connectivity index (χ3v) is 6.57. The van der Waals surface area contributed by atoms with Crippen LogP contribution in [-0.4, -0.2) is 66.8 Å². The van der Waals surface area contributed by atoms with E-state index >= 15 is 0 Å². The highest BCUT2D eigenvalue weighted by Crippen LogP contribution is 2.38. The molecule has 1 amide bonds. The Morgan fingerprint density at radius 1 is 1.11 bits per heavy atom. The summed E-state index contributed by atoms with van der Waals surface area (Å²) in [4.78, 5) is 35.2. The van der Waals surface area contributed by atoms with Crippen LogP contribution in [0.25, 0.3) is 28.0 Å². The number of carbonyl (C=O) groups excluding carboxylic acids is 1. The van der Waals surface area contributed by atoms with Crippen LogP contribution < -0.4 is 4.90 Å². The Morgan fingerprint density at radius 2 is 1.89 bits per heavy atom. The standard InChI is InChI=1S/C27H30ClN7O2/c1-17-14-33(26(36)37-27(3,4)5)11-12-34(17)24-22-21(23-18(2)29-9-10-30-23)15-35(25(22)32-16-31-24)20-8-6-7-19(28)13-20/h6-10,13,15-17H,11-12,14H2,1-5H3. The topological polar surface area (TPSA) is 89.3 Å². The van der Waals surface area contributed by atoms with Crippen LogP contribution in [0.15, 0.2) is 49.2 Å². The monoisotopic (exact) mass is 519 g/mol. The van der Waals surface area contributed by atoms with E-state index in [2.05, 4.69) is 26.8 Å². The normalized spacial score (nSPS) is 16.3. The van der Waals surface area contributed by atoms with Crippen molar-refractivity contribution in [2.75, 3.05) is 24.5 Å². The summed E-state index contributed by atoms with van der Waals surface area (Å²) < 4.78 is 7.61. The fourth-order valence-corrected chi connectivity index (χ4v) is 4.89. The molecule has 10 heteroatoms. The van der Waals surface area contributed by atoms with Gasteiger partial charge in [-0.25, -0.2) is 14.8 Å². The van der Waals surface area contributed by atoms with Crippen molar-refractivity contribution in [3.8, 4) is 16.9 Å². The molecule has 1 saturated heterocycles. The molecule has 0 spiro atoms. The summed E-state index contributed by atoms with van der Waals surface area (Å²) in [5, 5.41) is 1.52. The number of fused-ring (bicyclic) bond motifs is 1. The van der Waals surface area contributed by atoms with Gasteiger partial charge in [-0.05, 0) is 52.8 Å². The van der Waals surface area contributed by atoms with Gasteiger partial charge in [-0.3, -0.25) is 9.97 Å². The average Bonchev–Trinajstić information content (AvgIpc) is 3.23. The lowest BCUT2D eigenvalue weighted by molar-refractivity contribution is 0.0218. The minimum atomic E-state index is -0.539. The van der Waals surface area contributed by atoms with E-state index in [4.69, 9.17) is 21.3 Å². The van der Waals surface area contributed by atoms with Crippen molar-refractivity contribution in [3.05, 3.63) is 59.9 Å². The maximum atomic E-state index is 12.7. The first-order valence-corrected chi connectivity index (χ1v) is 12.6. The fourth-order valence-electron chi connectivity index (χ4n) is 4.70. The van der Waals surface area contributed by atoms with Gasteiger partial charge in [0, 0.05) is 60.5 Å². The Kier molecular flexibility index (Phi) is 6.49. The lowest BCUT2D eigenvalue weighted by Gasteiger charge is -2.41. The van der Waals surface area contributed by atoms with Crippen molar-refractivity contribution in [2.45, 2.75) is 46.3 Å². The molecule has 0 N–H and O–H groups in total. The van der Waals surface area contributed by atoms with Gasteiger partial charge in [0.2, 0.25) is 0 Å². The third kappa shape index (κ3) is 4.96. The lowest BCUT2D eigenvalue weighted by Crippen LogP contribution is -2.54. The number of piperazine rings is 1. The van der Waals surface area contributed by atoms with Crippen molar-refractivity contribution < 1.29 is 9.53 Å². The number of aromatic nitrogens is 5. The van der Waals surface area contributed by atoms with Gasteiger partial charge >= 0.3 is 6.09 Å². The third-order valence-electron chi connectivity index (χ3n) is 6.34. The molecule has 192 valence electrons. The van der Waals surface area contributed by atoms with Gasteiger partial charge in [-0.1, -0.05) is 17.7 Å². The quantitative estimate of drug-likeness (QED) is 0.363. The average molecular weight is 520 g/mol. The SMILES string of the molecule is Cc1nccnc1-c1cn(-c2cccc(Cl)c2)c2ncnc(N3CCN(C(=O)OC(C)(C)C)CC3C)c12. The molecular weight excluding hydrogens is 490 g/mol. The fraction of sp³-hybridized carbons (Fsp3) is 0.370. The molecular formula is C27H30ClN7O2. The minimum absolute atomic E-state index is 0.00434. The van der Waals surface area contributed by atoms with Gasteiger partial charge in [-0.15, -0.1) is 0 Å². The number of hydrogen-bond donors (Lipinski definition) is 0. The van der Waals surface area contributed by atoms with E-state index < -0.39 is 5.60 Å².